The van der Waals surface area contributed by atoms with Gasteiger partial charge in [0.25, 0.3) is 0 Å². The van der Waals surface area contributed by atoms with E-state index in [1.54, 1.807) is 12.1 Å². The molecular formula is C14H17Cl2NO3. The van der Waals surface area contributed by atoms with Gasteiger partial charge < -0.3 is 9.47 Å². The summed E-state index contributed by atoms with van der Waals surface area (Å²) in [6.07, 6.45) is 2.42. The van der Waals surface area contributed by atoms with Crippen LogP contribution in [0.25, 0.3) is 0 Å². The molecule has 1 aliphatic heterocycles. The Morgan fingerprint density at radius 3 is 2.55 bits per heavy atom. The van der Waals surface area contributed by atoms with Gasteiger partial charge in [-0.1, -0.05) is 23.2 Å². The fourth-order valence-electron chi connectivity index (χ4n) is 2.27. The summed E-state index contributed by atoms with van der Waals surface area (Å²) in [5, 5.41) is 0.612. The molecule has 0 amide bonds. The number of carbonyl (C=O) groups excluding carboxylic acids is 1. The van der Waals surface area contributed by atoms with Gasteiger partial charge in [-0.05, 0) is 38.1 Å². The summed E-state index contributed by atoms with van der Waals surface area (Å²) in [6, 6.07) is 3.15. The molecule has 0 aliphatic carbocycles. The Balaban J connectivity index is 1.99. The maximum Gasteiger partial charge on any atom is 0.343 e. The summed E-state index contributed by atoms with van der Waals surface area (Å²) in [7, 11) is 1.44. The van der Waals surface area contributed by atoms with Crippen LogP contribution in [0, 0.1) is 0 Å². The van der Waals surface area contributed by atoms with E-state index in [1.165, 1.54) is 20.0 Å². The Kier molecular flexibility index (Phi) is 5.52. The van der Waals surface area contributed by atoms with E-state index in [4.69, 9.17) is 32.7 Å². The first-order chi connectivity index (χ1) is 9.63. The van der Waals surface area contributed by atoms with Crippen LogP contribution in [0.15, 0.2) is 12.1 Å². The number of hydrogen-bond acceptors (Lipinski definition) is 4. The average molecular weight is 318 g/mol. The Bertz CT molecular complexity index is 488. The zero-order chi connectivity index (χ0) is 14.5. The first-order valence-corrected chi connectivity index (χ1v) is 7.30. The topological polar surface area (TPSA) is 38.8 Å². The van der Waals surface area contributed by atoms with Crippen LogP contribution >= 0.6 is 23.2 Å². The number of halogens is 2. The highest BCUT2D eigenvalue weighted by Crippen LogP contribution is 2.34. The second-order valence-corrected chi connectivity index (χ2v) is 5.44. The third-order valence-corrected chi connectivity index (χ3v) is 3.92. The number of carbonyl (C=O) groups is 1. The molecule has 1 saturated heterocycles. The van der Waals surface area contributed by atoms with Crippen molar-refractivity contribution in [3.8, 4) is 5.75 Å². The molecule has 0 saturated carbocycles. The standard InChI is InChI=1S/C14H17Cl2NO3/c1-19-13-11(16)5-4-10(15)12(13)14(18)20-9-8-17-6-2-3-7-17/h4-5H,2-3,6-9H2,1H3. The van der Waals surface area contributed by atoms with Gasteiger partial charge in [-0.3, -0.25) is 4.90 Å². The molecule has 20 heavy (non-hydrogen) atoms. The molecule has 110 valence electrons. The molecule has 1 heterocycles. The van der Waals surface area contributed by atoms with Crippen LogP contribution in [0.1, 0.15) is 23.2 Å². The van der Waals surface area contributed by atoms with E-state index in [2.05, 4.69) is 4.90 Å². The monoisotopic (exact) mass is 317 g/mol. The van der Waals surface area contributed by atoms with Crippen molar-refractivity contribution in [1.29, 1.82) is 0 Å². The maximum atomic E-state index is 12.1. The smallest absolute Gasteiger partial charge is 0.343 e. The lowest BCUT2D eigenvalue weighted by Gasteiger charge is -2.15. The molecule has 0 bridgehead atoms. The summed E-state index contributed by atoms with van der Waals surface area (Å²) in [5.41, 5.74) is 0.183. The summed E-state index contributed by atoms with van der Waals surface area (Å²) in [6.45, 7) is 3.22. The van der Waals surface area contributed by atoms with Gasteiger partial charge in [0.1, 0.15) is 12.2 Å². The summed E-state index contributed by atoms with van der Waals surface area (Å²) in [4.78, 5) is 14.4. The maximum absolute atomic E-state index is 12.1. The van der Waals surface area contributed by atoms with E-state index >= 15 is 0 Å². The van der Waals surface area contributed by atoms with Crippen molar-refractivity contribution in [3.63, 3.8) is 0 Å². The van der Waals surface area contributed by atoms with E-state index in [-0.39, 0.29) is 16.3 Å². The minimum absolute atomic E-state index is 0.183. The summed E-state index contributed by atoms with van der Waals surface area (Å²) in [5.74, 6) is -0.251. The predicted molar refractivity (Wildman–Crippen MR) is 79.0 cm³/mol. The van der Waals surface area contributed by atoms with Gasteiger partial charge in [0, 0.05) is 6.54 Å². The number of rotatable bonds is 5. The van der Waals surface area contributed by atoms with Gasteiger partial charge in [0.05, 0.1) is 17.2 Å². The highest BCUT2D eigenvalue weighted by Gasteiger charge is 2.21. The minimum atomic E-state index is -0.506. The van der Waals surface area contributed by atoms with Gasteiger partial charge in [-0.15, -0.1) is 0 Å². The molecular weight excluding hydrogens is 301 g/mol. The molecule has 0 atom stereocenters. The molecule has 2 rings (SSSR count). The highest BCUT2D eigenvalue weighted by molar-refractivity contribution is 6.37. The second-order valence-electron chi connectivity index (χ2n) is 4.62. The zero-order valence-corrected chi connectivity index (χ0v) is 12.8. The van der Waals surface area contributed by atoms with E-state index in [9.17, 15) is 4.79 Å². The Labute approximate surface area is 128 Å². The van der Waals surface area contributed by atoms with Crippen molar-refractivity contribution >= 4 is 29.2 Å². The van der Waals surface area contributed by atoms with Crippen molar-refractivity contribution in [3.05, 3.63) is 27.7 Å². The quantitative estimate of drug-likeness (QED) is 0.781. The molecule has 6 heteroatoms. The number of methoxy groups -OCH3 is 1. The van der Waals surface area contributed by atoms with Gasteiger partial charge in [-0.25, -0.2) is 4.79 Å². The molecule has 4 nitrogen and oxygen atoms in total. The van der Waals surface area contributed by atoms with Crippen molar-refractivity contribution in [2.75, 3.05) is 33.4 Å². The minimum Gasteiger partial charge on any atom is -0.494 e. The normalized spacial score (nSPS) is 15.3. The Hall–Kier alpha value is -0.970. The van der Waals surface area contributed by atoms with Gasteiger partial charge in [0.2, 0.25) is 0 Å². The number of nitrogens with zero attached hydrogens (tertiary/aromatic N) is 1. The van der Waals surface area contributed by atoms with Crippen LogP contribution in [0.2, 0.25) is 10.0 Å². The first kappa shape index (κ1) is 15.4. The fraction of sp³-hybridized carbons (Fsp3) is 0.500. The van der Waals surface area contributed by atoms with Crippen LogP contribution in [-0.4, -0.2) is 44.2 Å². The van der Waals surface area contributed by atoms with Crippen LogP contribution in [-0.2, 0) is 4.74 Å². The van der Waals surface area contributed by atoms with Crippen molar-refractivity contribution in [1.82, 2.24) is 4.90 Å². The van der Waals surface area contributed by atoms with Gasteiger partial charge in [0.15, 0.2) is 5.75 Å². The molecule has 0 aromatic heterocycles. The molecule has 0 spiro atoms. The molecule has 1 aliphatic rings. The number of esters is 1. The lowest BCUT2D eigenvalue weighted by atomic mass is 10.2. The lowest BCUT2D eigenvalue weighted by Crippen LogP contribution is -2.25. The number of benzene rings is 1. The van der Waals surface area contributed by atoms with Crippen LogP contribution in [0.5, 0.6) is 5.75 Å². The molecule has 1 fully saturated rings. The van der Waals surface area contributed by atoms with E-state index in [0.717, 1.165) is 19.6 Å². The van der Waals surface area contributed by atoms with Crippen molar-refractivity contribution in [2.45, 2.75) is 12.8 Å². The second kappa shape index (κ2) is 7.16. The van der Waals surface area contributed by atoms with Crippen molar-refractivity contribution < 1.29 is 14.3 Å². The van der Waals surface area contributed by atoms with E-state index in [0.29, 0.717) is 11.6 Å². The fourth-order valence-corrected chi connectivity index (χ4v) is 2.73. The van der Waals surface area contributed by atoms with Gasteiger partial charge >= 0.3 is 5.97 Å². The first-order valence-electron chi connectivity index (χ1n) is 6.55. The average Bonchev–Trinajstić information content (AvgIpc) is 2.94. The zero-order valence-electron chi connectivity index (χ0n) is 11.3. The Morgan fingerprint density at radius 2 is 1.90 bits per heavy atom. The highest BCUT2D eigenvalue weighted by atomic mass is 35.5. The van der Waals surface area contributed by atoms with E-state index < -0.39 is 5.97 Å². The number of likely N-dealkylation sites (tertiary alicyclic amines) is 1. The SMILES string of the molecule is COc1c(Cl)ccc(Cl)c1C(=O)OCCN1CCCC1. The van der Waals surface area contributed by atoms with Crippen molar-refractivity contribution in [2.24, 2.45) is 0 Å². The summed E-state index contributed by atoms with van der Waals surface area (Å²) >= 11 is 12.0. The molecule has 0 N–H and O–H groups in total. The van der Waals surface area contributed by atoms with Crippen LogP contribution < -0.4 is 4.74 Å². The predicted octanol–water partition coefficient (Wildman–Crippen LogP) is 3.25. The van der Waals surface area contributed by atoms with Crippen LogP contribution in [0.4, 0.5) is 0 Å². The third-order valence-electron chi connectivity index (χ3n) is 3.31. The molecule has 0 radical (unpaired) electrons. The lowest BCUT2D eigenvalue weighted by molar-refractivity contribution is 0.0469. The van der Waals surface area contributed by atoms with Gasteiger partial charge in [-0.2, -0.15) is 0 Å². The number of ether oxygens (including phenoxy) is 2. The third kappa shape index (κ3) is 3.57. The summed E-state index contributed by atoms with van der Waals surface area (Å²) < 4.78 is 10.4. The molecule has 0 unspecified atom stereocenters. The number of hydrogen-bond donors (Lipinski definition) is 0. The largest absolute Gasteiger partial charge is 0.494 e. The van der Waals surface area contributed by atoms with Crippen LogP contribution in [0.3, 0.4) is 0 Å². The molecule has 1 aromatic rings. The molecule has 1 aromatic carbocycles. The van der Waals surface area contributed by atoms with E-state index in [1.807, 2.05) is 0 Å². The Morgan fingerprint density at radius 1 is 1.25 bits per heavy atom.